The van der Waals surface area contributed by atoms with E-state index >= 15 is 0 Å². The number of ether oxygens (including phenoxy) is 1. The second kappa shape index (κ2) is 4.30. The van der Waals surface area contributed by atoms with Crippen LogP contribution in [0.2, 0.25) is 0 Å². The third kappa shape index (κ3) is 3.23. The van der Waals surface area contributed by atoms with E-state index < -0.39 is 10.3 Å². The number of hydrogen-bond acceptors (Lipinski definition) is 4. The summed E-state index contributed by atoms with van der Waals surface area (Å²) in [5.74, 6) is 0.342. The van der Waals surface area contributed by atoms with Crippen molar-refractivity contribution in [1.29, 1.82) is 0 Å². The first-order valence-electron chi connectivity index (χ1n) is 3.98. The summed E-state index contributed by atoms with van der Waals surface area (Å²) in [6.07, 6.45) is 0. The van der Waals surface area contributed by atoms with Gasteiger partial charge in [0.05, 0.1) is 12.3 Å². The lowest BCUT2D eigenvalue weighted by Gasteiger charge is -2.13. The van der Waals surface area contributed by atoms with Gasteiger partial charge in [0.1, 0.15) is 5.75 Å². The second-order valence-corrected chi connectivity index (χ2v) is 3.60. The topological polar surface area (TPSA) is 78.5 Å². The molecule has 0 bridgehead atoms. The molecule has 1 N–H and O–H groups in total. The summed E-state index contributed by atoms with van der Waals surface area (Å²) in [6, 6.07) is 6.33. The zero-order chi connectivity index (χ0) is 10.6. The molecule has 0 aromatic heterocycles. The third-order valence-corrected chi connectivity index (χ3v) is 1.89. The van der Waals surface area contributed by atoms with E-state index in [0.717, 1.165) is 0 Å². The summed E-state index contributed by atoms with van der Waals surface area (Å²) in [6.45, 7) is 2.17. The molecule has 0 heterocycles. The Bertz CT molecular complexity index is 402. The van der Waals surface area contributed by atoms with Gasteiger partial charge in [0, 0.05) is 0 Å². The quantitative estimate of drug-likeness (QED) is 0.760. The molecular weight excluding hydrogens is 206 g/mol. The standard InChI is InChI=1S/C8H11NO4S/c1-2-13-8-6-4-3-5-7(8)9-14(10,11)12/h3-6,9H,2H2,1H3,(H,10,11,12)/p-1. The minimum atomic E-state index is -4.50. The Kier molecular flexibility index (Phi) is 3.32. The molecule has 0 spiro atoms. The molecule has 1 aromatic carbocycles. The van der Waals surface area contributed by atoms with Crippen LogP contribution in [-0.2, 0) is 10.3 Å². The Morgan fingerprint density at radius 3 is 2.64 bits per heavy atom. The maximum absolute atomic E-state index is 10.4. The molecular formula is C8H10NO4S-. The van der Waals surface area contributed by atoms with Crippen LogP contribution >= 0.6 is 0 Å². The fourth-order valence-corrected chi connectivity index (χ4v) is 1.40. The molecule has 78 valence electrons. The van der Waals surface area contributed by atoms with Crippen molar-refractivity contribution in [3.63, 3.8) is 0 Å². The molecule has 14 heavy (non-hydrogen) atoms. The van der Waals surface area contributed by atoms with Gasteiger partial charge in [-0.2, -0.15) is 0 Å². The molecule has 0 fully saturated rings. The van der Waals surface area contributed by atoms with Crippen LogP contribution in [0.4, 0.5) is 5.69 Å². The van der Waals surface area contributed by atoms with E-state index in [1.807, 2.05) is 4.72 Å². The Hall–Kier alpha value is -1.27. The Labute approximate surface area is 82.6 Å². The molecule has 5 nitrogen and oxygen atoms in total. The van der Waals surface area contributed by atoms with Crippen molar-refractivity contribution in [1.82, 2.24) is 0 Å². The van der Waals surface area contributed by atoms with Crippen molar-refractivity contribution in [2.45, 2.75) is 6.92 Å². The highest BCUT2D eigenvalue weighted by atomic mass is 32.2. The van der Waals surface area contributed by atoms with Gasteiger partial charge in [-0.15, -0.1) is 0 Å². The van der Waals surface area contributed by atoms with Gasteiger partial charge in [0.25, 0.3) is 0 Å². The van der Waals surface area contributed by atoms with Gasteiger partial charge in [-0.25, -0.2) is 8.42 Å². The van der Waals surface area contributed by atoms with E-state index in [9.17, 15) is 13.0 Å². The van der Waals surface area contributed by atoms with Gasteiger partial charge in [-0.05, 0) is 19.1 Å². The third-order valence-electron chi connectivity index (χ3n) is 1.42. The first kappa shape index (κ1) is 10.8. The summed E-state index contributed by atoms with van der Waals surface area (Å²) < 4.78 is 38.2. The normalized spacial score (nSPS) is 11.0. The van der Waals surface area contributed by atoms with Crippen LogP contribution in [0.3, 0.4) is 0 Å². The van der Waals surface area contributed by atoms with Gasteiger partial charge in [-0.1, -0.05) is 12.1 Å². The van der Waals surface area contributed by atoms with Gasteiger partial charge in [0.2, 0.25) is 0 Å². The van der Waals surface area contributed by atoms with E-state index in [4.69, 9.17) is 4.74 Å². The summed E-state index contributed by atoms with van der Waals surface area (Å²) in [5.41, 5.74) is 0.157. The van der Waals surface area contributed by atoms with Crippen LogP contribution in [0.15, 0.2) is 24.3 Å². The minimum absolute atomic E-state index is 0.157. The Morgan fingerprint density at radius 2 is 2.07 bits per heavy atom. The van der Waals surface area contributed by atoms with Crippen molar-refractivity contribution < 1.29 is 17.7 Å². The molecule has 0 unspecified atom stereocenters. The van der Waals surface area contributed by atoms with Crippen LogP contribution in [0.25, 0.3) is 0 Å². The van der Waals surface area contributed by atoms with Crippen molar-refractivity contribution in [2.24, 2.45) is 0 Å². The molecule has 1 aromatic rings. The van der Waals surface area contributed by atoms with Crippen molar-refractivity contribution in [3.8, 4) is 5.75 Å². The molecule has 0 radical (unpaired) electrons. The maximum Gasteiger partial charge on any atom is 0.181 e. The highest BCUT2D eigenvalue weighted by Crippen LogP contribution is 2.24. The average molecular weight is 216 g/mol. The van der Waals surface area contributed by atoms with E-state index in [1.54, 1.807) is 25.1 Å². The predicted molar refractivity (Wildman–Crippen MR) is 50.9 cm³/mol. The lowest BCUT2D eigenvalue weighted by Crippen LogP contribution is -2.11. The van der Waals surface area contributed by atoms with Crippen molar-refractivity contribution >= 4 is 16.0 Å². The molecule has 0 saturated heterocycles. The number of anilines is 1. The minimum Gasteiger partial charge on any atom is -0.731 e. The summed E-state index contributed by atoms with van der Waals surface area (Å²) in [7, 11) is -4.50. The van der Waals surface area contributed by atoms with Crippen molar-refractivity contribution in [2.75, 3.05) is 11.3 Å². The van der Waals surface area contributed by atoms with Crippen molar-refractivity contribution in [3.05, 3.63) is 24.3 Å². The average Bonchev–Trinajstić information content (AvgIpc) is 2.06. The second-order valence-electron chi connectivity index (χ2n) is 2.49. The summed E-state index contributed by atoms with van der Waals surface area (Å²) in [5, 5.41) is 0. The highest BCUT2D eigenvalue weighted by molar-refractivity contribution is 7.87. The van der Waals surface area contributed by atoms with Crippen LogP contribution in [0, 0.1) is 0 Å². The van der Waals surface area contributed by atoms with Crippen LogP contribution in [0.5, 0.6) is 5.75 Å². The molecule has 1 rings (SSSR count). The number of hydrogen-bond donors (Lipinski definition) is 1. The summed E-state index contributed by atoms with van der Waals surface area (Å²) in [4.78, 5) is 0. The zero-order valence-corrected chi connectivity index (χ0v) is 8.37. The zero-order valence-electron chi connectivity index (χ0n) is 7.56. The van der Waals surface area contributed by atoms with Gasteiger partial charge >= 0.3 is 0 Å². The molecule has 0 aliphatic carbocycles. The smallest absolute Gasteiger partial charge is 0.181 e. The predicted octanol–water partition coefficient (Wildman–Crippen LogP) is 0.957. The largest absolute Gasteiger partial charge is 0.731 e. The molecule has 0 atom stereocenters. The maximum atomic E-state index is 10.4. The first-order chi connectivity index (χ1) is 6.53. The Balaban J connectivity index is 2.95. The van der Waals surface area contributed by atoms with Gasteiger partial charge < -0.3 is 9.29 Å². The SMILES string of the molecule is CCOc1ccccc1NS(=O)(=O)[O-]. The molecule has 0 aliphatic rings. The fraction of sp³-hybridized carbons (Fsp3) is 0.250. The summed E-state index contributed by atoms with van der Waals surface area (Å²) >= 11 is 0. The van der Waals surface area contributed by atoms with Crippen LogP contribution in [0.1, 0.15) is 6.92 Å². The number of nitrogens with one attached hydrogen (secondary N) is 1. The number of rotatable bonds is 4. The van der Waals surface area contributed by atoms with Crippen LogP contribution in [-0.4, -0.2) is 19.6 Å². The molecule has 0 aliphatic heterocycles. The van der Waals surface area contributed by atoms with Gasteiger partial charge in [0.15, 0.2) is 10.3 Å². The fourth-order valence-electron chi connectivity index (χ4n) is 0.967. The monoisotopic (exact) mass is 216 g/mol. The van der Waals surface area contributed by atoms with E-state index in [-0.39, 0.29) is 5.69 Å². The molecule has 0 saturated carbocycles. The molecule has 6 heteroatoms. The number of benzene rings is 1. The highest BCUT2D eigenvalue weighted by Gasteiger charge is 2.03. The molecule has 0 amide bonds. The lowest BCUT2D eigenvalue weighted by molar-refractivity contribution is 0.342. The van der Waals surface area contributed by atoms with E-state index in [2.05, 4.69) is 0 Å². The van der Waals surface area contributed by atoms with E-state index in [1.165, 1.54) is 6.07 Å². The van der Waals surface area contributed by atoms with Gasteiger partial charge in [-0.3, -0.25) is 4.72 Å². The number of para-hydroxylation sites is 2. The Morgan fingerprint density at radius 1 is 1.43 bits per heavy atom. The van der Waals surface area contributed by atoms with Crippen LogP contribution < -0.4 is 9.46 Å². The first-order valence-corrected chi connectivity index (χ1v) is 5.39. The lowest BCUT2D eigenvalue weighted by atomic mass is 10.3. The van der Waals surface area contributed by atoms with E-state index in [0.29, 0.717) is 12.4 Å².